The summed E-state index contributed by atoms with van der Waals surface area (Å²) >= 11 is 0. The molecule has 2 aliphatic heterocycles. The van der Waals surface area contributed by atoms with Crippen molar-refractivity contribution in [1.82, 2.24) is 15.8 Å². The molecule has 138 valence electrons. The normalized spacial score (nSPS) is 25.1. The molecule has 0 bridgehead atoms. The van der Waals surface area contributed by atoms with Crippen molar-refractivity contribution in [2.45, 2.75) is 50.5 Å². The molecular weight excluding hydrogens is 333 g/mol. The van der Waals surface area contributed by atoms with Gasteiger partial charge in [0, 0.05) is 12.2 Å². The molecule has 1 amide bonds. The van der Waals surface area contributed by atoms with Crippen molar-refractivity contribution in [3.05, 3.63) is 29.8 Å². The highest BCUT2D eigenvalue weighted by molar-refractivity contribution is 5.95. The minimum atomic E-state index is -4.37. The molecular formula is C17H23F3N4O. The van der Waals surface area contributed by atoms with E-state index in [1.54, 1.807) is 6.07 Å². The first-order valence-electron chi connectivity index (χ1n) is 8.62. The fourth-order valence-electron chi connectivity index (χ4n) is 3.30. The monoisotopic (exact) mass is 356 g/mol. The largest absolute Gasteiger partial charge is 0.405 e. The predicted molar refractivity (Wildman–Crippen MR) is 88.7 cm³/mol. The van der Waals surface area contributed by atoms with Crippen molar-refractivity contribution in [2.75, 3.05) is 18.4 Å². The van der Waals surface area contributed by atoms with Crippen molar-refractivity contribution in [2.24, 2.45) is 0 Å². The molecule has 1 aromatic rings. The number of carbonyl (C=O) groups is 1. The van der Waals surface area contributed by atoms with Crippen LogP contribution in [0.5, 0.6) is 0 Å². The highest BCUT2D eigenvalue weighted by Gasteiger charge is 2.45. The number of carbonyl (C=O) groups excluding carboxylic acids is 1. The minimum Gasteiger partial charge on any atom is -0.324 e. The Morgan fingerprint density at radius 2 is 1.88 bits per heavy atom. The summed E-state index contributed by atoms with van der Waals surface area (Å²) < 4.78 is 38.1. The van der Waals surface area contributed by atoms with E-state index in [-0.39, 0.29) is 6.42 Å². The smallest absolute Gasteiger partial charge is 0.324 e. The molecule has 2 unspecified atom stereocenters. The molecule has 3 N–H and O–H groups in total. The van der Waals surface area contributed by atoms with Crippen LogP contribution in [0.3, 0.4) is 0 Å². The first-order chi connectivity index (χ1) is 11.9. The first kappa shape index (κ1) is 18.2. The van der Waals surface area contributed by atoms with E-state index < -0.39 is 24.2 Å². The summed E-state index contributed by atoms with van der Waals surface area (Å²) in [5.74, 6) is -0.453. The molecule has 0 radical (unpaired) electrons. The maximum atomic E-state index is 12.7. The van der Waals surface area contributed by atoms with Crippen LogP contribution >= 0.6 is 0 Å². The Balaban J connectivity index is 1.62. The summed E-state index contributed by atoms with van der Waals surface area (Å²) in [6, 6.07) is 4.85. The van der Waals surface area contributed by atoms with Crippen LogP contribution in [0.2, 0.25) is 0 Å². The predicted octanol–water partition coefficient (Wildman–Crippen LogP) is 2.41. The van der Waals surface area contributed by atoms with Gasteiger partial charge in [0.05, 0.1) is 0 Å². The van der Waals surface area contributed by atoms with Gasteiger partial charge in [0.15, 0.2) is 0 Å². The van der Waals surface area contributed by atoms with Gasteiger partial charge in [-0.15, -0.1) is 0 Å². The zero-order valence-corrected chi connectivity index (χ0v) is 13.9. The highest BCUT2D eigenvalue weighted by atomic mass is 19.4. The maximum absolute atomic E-state index is 12.7. The Bertz CT molecular complexity index is 602. The molecule has 2 saturated heterocycles. The molecule has 0 aromatic heterocycles. The quantitative estimate of drug-likeness (QED) is 0.776. The Morgan fingerprint density at radius 3 is 2.56 bits per heavy atom. The van der Waals surface area contributed by atoms with E-state index in [9.17, 15) is 18.0 Å². The third-order valence-corrected chi connectivity index (χ3v) is 4.73. The number of hydrogen-bond donors (Lipinski definition) is 3. The number of benzene rings is 1. The van der Waals surface area contributed by atoms with Gasteiger partial charge in [-0.1, -0.05) is 24.6 Å². The molecule has 0 spiro atoms. The topological polar surface area (TPSA) is 56.4 Å². The van der Waals surface area contributed by atoms with Crippen molar-refractivity contribution in [1.29, 1.82) is 0 Å². The van der Waals surface area contributed by atoms with E-state index >= 15 is 0 Å². The summed E-state index contributed by atoms with van der Waals surface area (Å²) in [5, 5.41) is 2.78. The molecule has 2 aliphatic rings. The molecule has 1 aromatic carbocycles. The SMILES string of the molecule is O=C(Nc1ccccc1CN1CCCCC1)C1CC(C(F)(F)F)NN1. The van der Waals surface area contributed by atoms with Gasteiger partial charge >= 0.3 is 6.18 Å². The van der Waals surface area contributed by atoms with E-state index in [1.165, 1.54) is 19.3 Å². The molecule has 25 heavy (non-hydrogen) atoms. The lowest BCUT2D eigenvalue weighted by Gasteiger charge is -2.27. The van der Waals surface area contributed by atoms with E-state index in [4.69, 9.17) is 0 Å². The highest BCUT2D eigenvalue weighted by Crippen LogP contribution is 2.26. The van der Waals surface area contributed by atoms with Gasteiger partial charge in [-0.2, -0.15) is 13.2 Å². The minimum absolute atomic E-state index is 0.316. The molecule has 0 saturated carbocycles. The number of rotatable bonds is 4. The number of nitrogens with zero attached hydrogens (tertiary/aromatic N) is 1. The molecule has 0 aliphatic carbocycles. The number of piperidine rings is 1. The van der Waals surface area contributed by atoms with Crippen LogP contribution in [-0.2, 0) is 11.3 Å². The van der Waals surface area contributed by atoms with E-state index in [2.05, 4.69) is 21.1 Å². The van der Waals surface area contributed by atoms with Gasteiger partial charge < -0.3 is 5.32 Å². The van der Waals surface area contributed by atoms with Crippen molar-refractivity contribution >= 4 is 11.6 Å². The maximum Gasteiger partial charge on any atom is 0.405 e. The lowest BCUT2D eigenvalue weighted by Crippen LogP contribution is -2.43. The van der Waals surface area contributed by atoms with Gasteiger partial charge in [-0.25, -0.2) is 10.9 Å². The standard InChI is InChI=1S/C17H23F3N4O/c18-17(19,20)15-10-14(22-23-15)16(25)21-13-7-3-2-6-12(13)11-24-8-4-1-5-9-24/h2-3,6-7,14-15,22-23H,1,4-5,8-11H2,(H,21,25). The molecule has 2 atom stereocenters. The summed E-state index contributed by atoms with van der Waals surface area (Å²) in [4.78, 5) is 14.7. The van der Waals surface area contributed by atoms with Crippen LogP contribution in [-0.4, -0.2) is 42.2 Å². The van der Waals surface area contributed by atoms with Crippen LogP contribution < -0.4 is 16.2 Å². The molecule has 8 heteroatoms. The third-order valence-electron chi connectivity index (χ3n) is 4.73. The molecule has 2 fully saturated rings. The summed E-state index contributed by atoms with van der Waals surface area (Å²) in [7, 11) is 0. The van der Waals surface area contributed by atoms with Gasteiger partial charge in [-0.05, 0) is 44.0 Å². The van der Waals surface area contributed by atoms with Gasteiger partial charge in [0.25, 0.3) is 0 Å². The van der Waals surface area contributed by atoms with Crippen molar-refractivity contribution in [3.63, 3.8) is 0 Å². The second-order valence-corrected chi connectivity index (χ2v) is 6.65. The Hall–Kier alpha value is -1.64. The number of alkyl halides is 3. The number of halogens is 3. The summed E-state index contributed by atoms with van der Waals surface area (Å²) in [5.41, 5.74) is 6.24. The van der Waals surface area contributed by atoms with Crippen molar-refractivity contribution in [3.8, 4) is 0 Å². The number of hydrazine groups is 1. The van der Waals surface area contributed by atoms with Crippen LogP contribution in [0, 0.1) is 0 Å². The zero-order valence-electron chi connectivity index (χ0n) is 13.9. The average molecular weight is 356 g/mol. The van der Waals surface area contributed by atoms with Crippen molar-refractivity contribution < 1.29 is 18.0 Å². The lowest BCUT2D eigenvalue weighted by molar-refractivity contribution is -0.153. The molecule has 3 rings (SSSR count). The van der Waals surface area contributed by atoms with Crippen LogP contribution in [0.15, 0.2) is 24.3 Å². The number of likely N-dealkylation sites (tertiary alicyclic amines) is 1. The fraction of sp³-hybridized carbons (Fsp3) is 0.588. The van der Waals surface area contributed by atoms with Crippen LogP contribution in [0.4, 0.5) is 18.9 Å². The van der Waals surface area contributed by atoms with E-state index in [1.807, 2.05) is 18.2 Å². The van der Waals surface area contributed by atoms with E-state index in [0.717, 1.165) is 25.2 Å². The second kappa shape index (κ2) is 7.72. The Labute approximate surface area is 144 Å². The first-order valence-corrected chi connectivity index (χ1v) is 8.62. The van der Waals surface area contributed by atoms with Gasteiger partial charge in [-0.3, -0.25) is 9.69 Å². The zero-order chi connectivity index (χ0) is 17.9. The van der Waals surface area contributed by atoms with Gasteiger partial charge in [0.2, 0.25) is 5.91 Å². The van der Waals surface area contributed by atoms with Crippen LogP contribution in [0.1, 0.15) is 31.2 Å². The third kappa shape index (κ3) is 4.71. The number of amides is 1. The van der Waals surface area contributed by atoms with Crippen LogP contribution in [0.25, 0.3) is 0 Å². The number of nitrogens with one attached hydrogen (secondary N) is 3. The summed E-state index contributed by atoms with van der Waals surface area (Å²) in [6.45, 7) is 2.80. The summed E-state index contributed by atoms with van der Waals surface area (Å²) in [6.07, 6.45) is -1.09. The second-order valence-electron chi connectivity index (χ2n) is 6.65. The molecule has 2 heterocycles. The molecule has 5 nitrogen and oxygen atoms in total. The average Bonchev–Trinajstić information content (AvgIpc) is 3.08. The van der Waals surface area contributed by atoms with Gasteiger partial charge in [0.1, 0.15) is 12.1 Å². The lowest BCUT2D eigenvalue weighted by atomic mass is 10.1. The number of anilines is 1. The number of para-hydroxylation sites is 1. The Morgan fingerprint density at radius 1 is 1.16 bits per heavy atom. The van der Waals surface area contributed by atoms with E-state index in [0.29, 0.717) is 5.69 Å². The fourth-order valence-corrected chi connectivity index (χ4v) is 3.30. The number of hydrogen-bond acceptors (Lipinski definition) is 4. The Kier molecular flexibility index (Phi) is 5.61.